The molecular weight excluding hydrogens is 292 g/mol. The van der Waals surface area contributed by atoms with E-state index in [0.29, 0.717) is 22.5 Å². The number of carboxylic acids is 1. The Bertz CT molecular complexity index is 979. The van der Waals surface area contributed by atoms with E-state index in [9.17, 15) is 9.59 Å². The molecule has 3 aromatic rings. The van der Waals surface area contributed by atoms with Crippen LogP contribution in [0.15, 0.2) is 48.5 Å². The summed E-state index contributed by atoms with van der Waals surface area (Å²) >= 11 is 0. The smallest absolute Gasteiger partial charge is 0.322 e. The van der Waals surface area contributed by atoms with E-state index in [1.807, 2.05) is 42.5 Å². The number of carbonyl (C=O) groups excluding carboxylic acids is 1. The minimum absolute atomic E-state index is 0.123. The normalized spacial score (nSPS) is 12.1. The van der Waals surface area contributed by atoms with Gasteiger partial charge in [0.25, 0.3) is 0 Å². The fourth-order valence-electron chi connectivity index (χ4n) is 3.00. The largest absolute Gasteiger partial charge is 0.480 e. The summed E-state index contributed by atoms with van der Waals surface area (Å²) in [5, 5.41) is 12.6. The molecule has 0 bridgehead atoms. The number of carboxylic acid groups (broad SMARTS) is 1. The first-order chi connectivity index (χ1) is 11.2. The lowest BCUT2D eigenvalue weighted by molar-refractivity contribution is -0.134. The average Bonchev–Trinajstić information content (AvgIpc) is 2.85. The number of para-hydroxylation sites is 1. The van der Waals surface area contributed by atoms with Crippen molar-refractivity contribution >= 4 is 28.3 Å². The molecule has 0 fully saturated rings. The topological polar surface area (TPSA) is 79.3 Å². The number of hydrogen-bond acceptors (Lipinski definition) is 4. The summed E-state index contributed by atoms with van der Waals surface area (Å²) in [5.41, 5.74) is 3.71. The molecule has 0 saturated carbocycles. The van der Waals surface area contributed by atoms with E-state index >= 15 is 0 Å². The molecule has 0 spiro atoms. The number of pyridine rings is 1. The molecular formula is C18H12N2O3. The van der Waals surface area contributed by atoms with Gasteiger partial charge in [0.2, 0.25) is 0 Å². The molecule has 5 nitrogen and oxygen atoms in total. The van der Waals surface area contributed by atoms with Crippen molar-refractivity contribution in [1.82, 2.24) is 4.98 Å². The predicted molar refractivity (Wildman–Crippen MR) is 86.7 cm³/mol. The van der Waals surface area contributed by atoms with Crippen LogP contribution in [0.2, 0.25) is 0 Å². The SMILES string of the molecule is O=C(O)CNc1c2c(nc3ccccc13)-c1ccccc1C2=O. The summed E-state index contributed by atoms with van der Waals surface area (Å²) in [6.07, 6.45) is 0. The molecule has 23 heavy (non-hydrogen) atoms. The van der Waals surface area contributed by atoms with Gasteiger partial charge in [0.1, 0.15) is 6.54 Å². The van der Waals surface area contributed by atoms with Gasteiger partial charge >= 0.3 is 5.97 Å². The number of ketones is 1. The van der Waals surface area contributed by atoms with Crippen LogP contribution in [0.1, 0.15) is 15.9 Å². The molecule has 0 amide bonds. The number of nitrogens with zero attached hydrogens (tertiary/aromatic N) is 1. The maximum Gasteiger partial charge on any atom is 0.322 e. The van der Waals surface area contributed by atoms with Gasteiger partial charge in [0.15, 0.2) is 5.78 Å². The molecule has 4 rings (SSSR count). The minimum atomic E-state index is -0.984. The molecule has 1 aliphatic rings. The second-order valence-corrected chi connectivity index (χ2v) is 5.35. The molecule has 1 heterocycles. The summed E-state index contributed by atoms with van der Waals surface area (Å²) in [6, 6.07) is 14.7. The lowest BCUT2D eigenvalue weighted by Crippen LogP contribution is -2.15. The number of aromatic nitrogens is 1. The Morgan fingerprint density at radius 1 is 1.04 bits per heavy atom. The van der Waals surface area contributed by atoms with Crippen LogP contribution in [0.25, 0.3) is 22.2 Å². The quantitative estimate of drug-likeness (QED) is 0.608. The third-order valence-electron chi connectivity index (χ3n) is 3.96. The molecule has 0 aliphatic heterocycles. The van der Waals surface area contributed by atoms with Gasteiger partial charge in [-0.15, -0.1) is 0 Å². The van der Waals surface area contributed by atoms with E-state index in [2.05, 4.69) is 10.3 Å². The van der Waals surface area contributed by atoms with Crippen molar-refractivity contribution in [3.63, 3.8) is 0 Å². The lowest BCUT2D eigenvalue weighted by atomic mass is 10.0. The van der Waals surface area contributed by atoms with Crippen LogP contribution >= 0.6 is 0 Å². The van der Waals surface area contributed by atoms with Crippen molar-refractivity contribution in [2.24, 2.45) is 0 Å². The molecule has 112 valence electrons. The van der Waals surface area contributed by atoms with Gasteiger partial charge in [-0.3, -0.25) is 9.59 Å². The minimum Gasteiger partial charge on any atom is -0.480 e. The maximum absolute atomic E-state index is 12.8. The Labute approximate surface area is 131 Å². The van der Waals surface area contributed by atoms with E-state index < -0.39 is 5.97 Å². The van der Waals surface area contributed by atoms with Gasteiger partial charge in [-0.1, -0.05) is 42.5 Å². The molecule has 2 N–H and O–H groups in total. The fraction of sp³-hybridized carbons (Fsp3) is 0.0556. The van der Waals surface area contributed by atoms with Crippen LogP contribution in [0, 0.1) is 0 Å². The van der Waals surface area contributed by atoms with Crippen molar-refractivity contribution in [1.29, 1.82) is 0 Å². The highest BCUT2D eigenvalue weighted by Crippen LogP contribution is 2.41. The van der Waals surface area contributed by atoms with Gasteiger partial charge in [0, 0.05) is 16.5 Å². The number of anilines is 1. The van der Waals surface area contributed by atoms with E-state index in [0.717, 1.165) is 16.5 Å². The first-order valence-electron chi connectivity index (χ1n) is 7.19. The number of nitrogens with one attached hydrogen (secondary N) is 1. The highest BCUT2D eigenvalue weighted by Gasteiger charge is 2.31. The van der Waals surface area contributed by atoms with Gasteiger partial charge in [-0.2, -0.15) is 0 Å². The zero-order valence-electron chi connectivity index (χ0n) is 12.0. The summed E-state index contributed by atoms with van der Waals surface area (Å²) < 4.78 is 0. The van der Waals surface area contributed by atoms with E-state index in [1.165, 1.54) is 0 Å². The van der Waals surface area contributed by atoms with Gasteiger partial charge < -0.3 is 10.4 Å². The summed E-state index contributed by atoms with van der Waals surface area (Å²) in [6.45, 7) is -0.260. The highest BCUT2D eigenvalue weighted by atomic mass is 16.4. The second kappa shape index (κ2) is 4.91. The van der Waals surface area contributed by atoms with E-state index in [-0.39, 0.29) is 12.3 Å². The Kier molecular flexibility index (Phi) is 2.87. The third-order valence-corrected chi connectivity index (χ3v) is 3.96. The van der Waals surface area contributed by atoms with Crippen LogP contribution in [-0.4, -0.2) is 28.4 Å². The van der Waals surface area contributed by atoms with Crippen molar-refractivity contribution in [2.75, 3.05) is 11.9 Å². The van der Waals surface area contributed by atoms with Crippen molar-refractivity contribution in [3.05, 3.63) is 59.7 Å². The van der Waals surface area contributed by atoms with Crippen molar-refractivity contribution in [2.45, 2.75) is 0 Å². The molecule has 0 unspecified atom stereocenters. The van der Waals surface area contributed by atoms with Crippen LogP contribution in [0.5, 0.6) is 0 Å². The molecule has 1 aliphatic carbocycles. The first kappa shape index (κ1) is 13.5. The first-order valence-corrected chi connectivity index (χ1v) is 7.19. The Morgan fingerprint density at radius 2 is 1.74 bits per heavy atom. The third kappa shape index (κ3) is 1.97. The molecule has 0 atom stereocenters. The second-order valence-electron chi connectivity index (χ2n) is 5.35. The van der Waals surface area contributed by atoms with E-state index in [4.69, 9.17) is 5.11 Å². The highest BCUT2D eigenvalue weighted by molar-refractivity contribution is 6.26. The molecule has 2 aromatic carbocycles. The fourth-order valence-corrected chi connectivity index (χ4v) is 3.00. The van der Waals surface area contributed by atoms with Gasteiger partial charge in [0.05, 0.1) is 22.5 Å². The molecule has 5 heteroatoms. The zero-order chi connectivity index (χ0) is 16.0. The lowest BCUT2D eigenvalue weighted by Gasteiger charge is -2.12. The predicted octanol–water partition coefficient (Wildman–Crippen LogP) is 2.94. The number of carbonyl (C=O) groups is 2. The average molecular weight is 304 g/mol. The number of benzene rings is 2. The Morgan fingerprint density at radius 3 is 2.52 bits per heavy atom. The van der Waals surface area contributed by atoms with Crippen molar-refractivity contribution in [3.8, 4) is 11.3 Å². The van der Waals surface area contributed by atoms with Crippen molar-refractivity contribution < 1.29 is 14.7 Å². The van der Waals surface area contributed by atoms with Crippen LogP contribution in [-0.2, 0) is 4.79 Å². The summed E-state index contributed by atoms with van der Waals surface area (Å²) in [4.78, 5) is 28.3. The summed E-state index contributed by atoms with van der Waals surface area (Å²) in [7, 11) is 0. The number of hydrogen-bond donors (Lipinski definition) is 2. The molecule has 0 saturated heterocycles. The molecule has 1 aromatic heterocycles. The number of aliphatic carboxylic acids is 1. The molecule has 0 radical (unpaired) electrons. The standard InChI is InChI=1S/C18H12N2O3/c21-14(22)9-19-16-12-7-3-4-8-13(12)20-17-10-5-1-2-6-11(10)18(23)15(16)17/h1-8H,9H2,(H,19,20)(H,21,22). The van der Waals surface area contributed by atoms with Crippen LogP contribution < -0.4 is 5.32 Å². The maximum atomic E-state index is 12.8. The van der Waals surface area contributed by atoms with Crippen LogP contribution in [0.3, 0.4) is 0 Å². The number of rotatable bonds is 3. The van der Waals surface area contributed by atoms with Gasteiger partial charge in [-0.05, 0) is 6.07 Å². The summed E-state index contributed by atoms with van der Waals surface area (Å²) in [5.74, 6) is -1.11. The van der Waals surface area contributed by atoms with E-state index in [1.54, 1.807) is 6.07 Å². The number of fused-ring (bicyclic) bond motifs is 4. The van der Waals surface area contributed by atoms with Gasteiger partial charge in [-0.25, -0.2) is 4.98 Å². The zero-order valence-corrected chi connectivity index (χ0v) is 12.0. The Hall–Kier alpha value is -3.21. The van der Waals surface area contributed by atoms with Crippen LogP contribution in [0.4, 0.5) is 5.69 Å². The Balaban J connectivity index is 2.04. The monoisotopic (exact) mass is 304 g/mol.